The lowest BCUT2D eigenvalue weighted by Gasteiger charge is -2.23. The van der Waals surface area contributed by atoms with Gasteiger partial charge in [0.05, 0.1) is 5.56 Å². The van der Waals surface area contributed by atoms with Gasteiger partial charge in [-0.25, -0.2) is 13.6 Å². The third kappa shape index (κ3) is 3.84. The van der Waals surface area contributed by atoms with E-state index in [1.807, 2.05) is 0 Å². The number of halogens is 2. The van der Waals surface area contributed by atoms with E-state index in [1.165, 1.54) is 0 Å². The molecule has 3 rings (SSSR count). The average molecular weight is 345 g/mol. The SMILES string of the molecule is O=C(O[C@@H](C(=O)N1CCCC1)c1ccccc1)c1ccc(F)cc1F. The number of carbonyl (C=O) groups is 2. The van der Waals surface area contributed by atoms with E-state index in [0.29, 0.717) is 24.7 Å². The van der Waals surface area contributed by atoms with Crippen LogP contribution in [-0.4, -0.2) is 29.9 Å². The highest BCUT2D eigenvalue weighted by Crippen LogP contribution is 2.24. The fourth-order valence-electron chi connectivity index (χ4n) is 2.82. The maximum Gasteiger partial charge on any atom is 0.342 e. The summed E-state index contributed by atoms with van der Waals surface area (Å²) < 4.78 is 32.2. The summed E-state index contributed by atoms with van der Waals surface area (Å²) in [7, 11) is 0. The van der Waals surface area contributed by atoms with Crippen LogP contribution in [-0.2, 0) is 9.53 Å². The van der Waals surface area contributed by atoms with Crippen LogP contribution >= 0.6 is 0 Å². The summed E-state index contributed by atoms with van der Waals surface area (Å²) in [6.07, 6.45) is 0.637. The number of hydrogen-bond donors (Lipinski definition) is 0. The number of nitrogens with zero attached hydrogens (tertiary/aromatic N) is 1. The van der Waals surface area contributed by atoms with Crippen molar-refractivity contribution >= 4 is 11.9 Å². The van der Waals surface area contributed by atoms with Crippen LogP contribution in [0.2, 0.25) is 0 Å². The molecule has 0 bridgehead atoms. The molecule has 6 heteroatoms. The molecule has 0 aromatic heterocycles. The third-order valence-corrected chi connectivity index (χ3v) is 4.12. The molecule has 25 heavy (non-hydrogen) atoms. The van der Waals surface area contributed by atoms with Gasteiger partial charge in [0.1, 0.15) is 11.6 Å². The molecule has 130 valence electrons. The molecule has 1 aliphatic heterocycles. The number of ether oxygens (including phenoxy) is 1. The van der Waals surface area contributed by atoms with E-state index in [2.05, 4.69) is 0 Å². The van der Waals surface area contributed by atoms with E-state index < -0.39 is 29.3 Å². The van der Waals surface area contributed by atoms with Crippen LogP contribution in [0.5, 0.6) is 0 Å². The van der Waals surface area contributed by atoms with Gasteiger partial charge in [0, 0.05) is 24.7 Å². The van der Waals surface area contributed by atoms with Gasteiger partial charge in [0.2, 0.25) is 6.10 Å². The largest absolute Gasteiger partial charge is 0.444 e. The van der Waals surface area contributed by atoms with Crippen molar-refractivity contribution in [3.8, 4) is 0 Å². The molecule has 2 aromatic carbocycles. The van der Waals surface area contributed by atoms with Crippen LogP contribution in [0.25, 0.3) is 0 Å². The quantitative estimate of drug-likeness (QED) is 0.797. The topological polar surface area (TPSA) is 46.6 Å². The number of carbonyl (C=O) groups excluding carboxylic acids is 2. The molecule has 1 amide bonds. The summed E-state index contributed by atoms with van der Waals surface area (Å²) in [5.74, 6) is -3.15. The van der Waals surface area contributed by atoms with Crippen molar-refractivity contribution in [1.29, 1.82) is 0 Å². The Hall–Kier alpha value is -2.76. The molecule has 1 heterocycles. The van der Waals surface area contributed by atoms with Crippen molar-refractivity contribution in [3.05, 3.63) is 71.3 Å². The minimum atomic E-state index is -1.16. The van der Waals surface area contributed by atoms with E-state index in [4.69, 9.17) is 4.74 Å². The number of amides is 1. The average Bonchev–Trinajstić information content (AvgIpc) is 3.14. The van der Waals surface area contributed by atoms with Gasteiger partial charge in [-0.05, 0) is 25.0 Å². The van der Waals surface area contributed by atoms with Gasteiger partial charge in [-0.2, -0.15) is 0 Å². The summed E-state index contributed by atoms with van der Waals surface area (Å²) in [6, 6.07) is 11.2. The molecule has 0 aliphatic carbocycles. The van der Waals surface area contributed by atoms with E-state index in [9.17, 15) is 18.4 Å². The molecule has 1 atom stereocenters. The van der Waals surface area contributed by atoms with Crippen LogP contribution in [0.15, 0.2) is 48.5 Å². The normalized spacial score (nSPS) is 15.0. The molecule has 1 aliphatic rings. The summed E-state index contributed by atoms with van der Waals surface area (Å²) in [5, 5.41) is 0. The van der Waals surface area contributed by atoms with E-state index in [0.717, 1.165) is 25.0 Å². The minimum Gasteiger partial charge on any atom is -0.444 e. The molecule has 2 aromatic rings. The lowest BCUT2D eigenvalue weighted by atomic mass is 10.1. The van der Waals surface area contributed by atoms with Gasteiger partial charge in [-0.1, -0.05) is 30.3 Å². The molecule has 0 radical (unpaired) electrons. The third-order valence-electron chi connectivity index (χ3n) is 4.12. The number of likely N-dealkylation sites (tertiary alicyclic amines) is 1. The Morgan fingerprint density at radius 2 is 1.68 bits per heavy atom. The Bertz CT molecular complexity index is 773. The highest BCUT2D eigenvalue weighted by molar-refractivity contribution is 5.93. The summed E-state index contributed by atoms with van der Waals surface area (Å²) in [5.41, 5.74) is 0.104. The summed E-state index contributed by atoms with van der Waals surface area (Å²) >= 11 is 0. The highest BCUT2D eigenvalue weighted by atomic mass is 19.1. The minimum absolute atomic E-state index is 0.334. The highest BCUT2D eigenvalue weighted by Gasteiger charge is 2.31. The first-order valence-electron chi connectivity index (χ1n) is 8.06. The van der Waals surface area contributed by atoms with Gasteiger partial charge in [0.15, 0.2) is 0 Å². The van der Waals surface area contributed by atoms with E-state index >= 15 is 0 Å². The maximum absolute atomic E-state index is 13.8. The van der Waals surface area contributed by atoms with Crippen molar-refractivity contribution in [2.45, 2.75) is 18.9 Å². The molecule has 0 unspecified atom stereocenters. The van der Waals surface area contributed by atoms with Gasteiger partial charge in [-0.3, -0.25) is 4.79 Å². The lowest BCUT2D eigenvalue weighted by molar-refractivity contribution is -0.140. The predicted molar refractivity (Wildman–Crippen MR) is 86.8 cm³/mol. The molecule has 0 spiro atoms. The van der Waals surface area contributed by atoms with Crippen molar-refractivity contribution in [3.63, 3.8) is 0 Å². The number of esters is 1. The van der Waals surface area contributed by atoms with Crippen molar-refractivity contribution in [1.82, 2.24) is 4.90 Å². The van der Waals surface area contributed by atoms with Crippen molar-refractivity contribution in [2.24, 2.45) is 0 Å². The Labute approximate surface area is 144 Å². The van der Waals surface area contributed by atoms with Crippen LogP contribution < -0.4 is 0 Å². The maximum atomic E-state index is 13.8. The Kier molecular flexibility index (Phi) is 5.07. The molecular formula is C19H17F2NO3. The van der Waals surface area contributed by atoms with Gasteiger partial charge in [0.25, 0.3) is 5.91 Å². The summed E-state index contributed by atoms with van der Waals surface area (Å²) in [4.78, 5) is 26.7. The van der Waals surface area contributed by atoms with Crippen LogP contribution in [0.4, 0.5) is 8.78 Å². The zero-order valence-corrected chi connectivity index (χ0v) is 13.5. The first-order chi connectivity index (χ1) is 12.1. The summed E-state index contributed by atoms with van der Waals surface area (Å²) in [6.45, 7) is 1.20. The predicted octanol–water partition coefficient (Wildman–Crippen LogP) is 3.49. The first-order valence-corrected chi connectivity index (χ1v) is 8.06. The zero-order valence-electron chi connectivity index (χ0n) is 13.5. The second kappa shape index (κ2) is 7.42. The fraction of sp³-hybridized carbons (Fsp3) is 0.263. The van der Waals surface area contributed by atoms with Gasteiger partial charge in [-0.15, -0.1) is 0 Å². The Balaban J connectivity index is 1.86. The van der Waals surface area contributed by atoms with Crippen LogP contribution in [0, 0.1) is 11.6 Å². The second-order valence-electron chi connectivity index (χ2n) is 5.85. The second-order valence-corrected chi connectivity index (χ2v) is 5.85. The van der Waals surface area contributed by atoms with Gasteiger partial charge < -0.3 is 9.64 Å². The molecule has 0 N–H and O–H groups in total. The van der Waals surface area contributed by atoms with E-state index in [1.54, 1.807) is 35.2 Å². The molecule has 1 fully saturated rings. The smallest absolute Gasteiger partial charge is 0.342 e. The fourth-order valence-corrected chi connectivity index (χ4v) is 2.82. The molecular weight excluding hydrogens is 328 g/mol. The molecule has 1 saturated heterocycles. The van der Waals surface area contributed by atoms with Crippen LogP contribution in [0.1, 0.15) is 34.9 Å². The lowest BCUT2D eigenvalue weighted by Crippen LogP contribution is -2.35. The standard InChI is InChI=1S/C19H17F2NO3/c20-14-8-9-15(16(21)12-14)19(24)25-17(13-6-2-1-3-7-13)18(23)22-10-4-5-11-22/h1-3,6-9,12,17H,4-5,10-11H2/t17-/m1/s1. The molecule has 0 saturated carbocycles. The molecule has 4 nitrogen and oxygen atoms in total. The number of rotatable bonds is 4. The van der Waals surface area contributed by atoms with Crippen molar-refractivity contribution < 1.29 is 23.1 Å². The Morgan fingerprint density at radius 3 is 2.32 bits per heavy atom. The van der Waals surface area contributed by atoms with Gasteiger partial charge >= 0.3 is 5.97 Å². The monoisotopic (exact) mass is 345 g/mol. The van der Waals surface area contributed by atoms with E-state index in [-0.39, 0.29) is 5.91 Å². The zero-order chi connectivity index (χ0) is 17.8. The Morgan fingerprint density at radius 1 is 1.00 bits per heavy atom. The van der Waals surface area contributed by atoms with Crippen molar-refractivity contribution in [2.75, 3.05) is 13.1 Å². The number of hydrogen-bond acceptors (Lipinski definition) is 3. The van der Waals surface area contributed by atoms with Crippen LogP contribution in [0.3, 0.4) is 0 Å². The first kappa shape index (κ1) is 17.1. The number of benzene rings is 2.